The number of rotatable bonds is 19. The van der Waals surface area contributed by atoms with Crippen LogP contribution in [-0.2, 0) is 4.79 Å². The molecule has 0 aliphatic rings. The summed E-state index contributed by atoms with van der Waals surface area (Å²) in [4.78, 5) is 9.29. The molecule has 0 aromatic carbocycles. The minimum Gasteiger partial charge on any atom is -0.481 e. The second-order valence-electron chi connectivity index (χ2n) is 10.2. The van der Waals surface area contributed by atoms with Crippen LogP contribution in [0.25, 0.3) is 0 Å². The van der Waals surface area contributed by atoms with Gasteiger partial charge in [-0.1, -0.05) is 0 Å². The van der Waals surface area contributed by atoms with Crippen LogP contribution in [-0.4, -0.2) is 35.2 Å². The minimum atomic E-state index is -1.85. The Morgan fingerprint density at radius 1 is 0.700 bits per heavy atom. The molecule has 0 unspecified atom stereocenters. The Bertz CT molecular complexity index is 344. The van der Waals surface area contributed by atoms with Crippen LogP contribution in [0.1, 0.15) is 119 Å². The molecular weight excluding hydrogens is 495 g/mol. The summed E-state index contributed by atoms with van der Waals surface area (Å²) in [5.74, 6) is 0.831. The Morgan fingerprint density at radius 2 is 1.03 bits per heavy atom. The number of hydrogen-bond acceptors (Lipinski definition) is 2. The van der Waals surface area contributed by atoms with Gasteiger partial charge in [0.25, 0.3) is 0 Å². The Hall–Kier alpha value is 0.619. The van der Waals surface area contributed by atoms with Gasteiger partial charge in [0.05, 0.1) is 5.75 Å². The SMILES string of the molecule is CCC[CH2][Sn]([CH2]CCC)([CH2]CCCCC(C)C)[CH2]CCCCC(C)C.O=C(O)CS. The number of aliphatic carboxylic acids is 1. The first-order valence-corrected chi connectivity index (χ1v) is 21.8. The summed E-state index contributed by atoms with van der Waals surface area (Å²) in [7, 11) is 0. The molecule has 0 aliphatic carbocycles. The first-order valence-electron chi connectivity index (χ1n) is 13.1. The third-order valence-corrected chi connectivity index (χ3v) is 22.6. The Balaban J connectivity index is 0. The summed E-state index contributed by atoms with van der Waals surface area (Å²) in [5.41, 5.74) is 0. The summed E-state index contributed by atoms with van der Waals surface area (Å²) < 4.78 is 6.85. The van der Waals surface area contributed by atoms with E-state index >= 15 is 0 Å². The van der Waals surface area contributed by atoms with Gasteiger partial charge in [0, 0.05) is 0 Å². The fourth-order valence-electron chi connectivity index (χ4n) is 4.31. The smallest absolute Gasteiger partial charge is 0.313 e. The zero-order valence-corrected chi connectivity index (χ0v) is 25.2. The van der Waals surface area contributed by atoms with Gasteiger partial charge in [-0.25, -0.2) is 0 Å². The molecule has 0 atom stereocenters. The number of unbranched alkanes of at least 4 members (excludes halogenated alkanes) is 6. The van der Waals surface area contributed by atoms with Crippen molar-refractivity contribution in [2.24, 2.45) is 11.8 Å². The van der Waals surface area contributed by atoms with E-state index in [-0.39, 0.29) is 5.75 Å². The van der Waals surface area contributed by atoms with Crippen LogP contribution in [0.4, 0.5) is 0 Å². The van der Waals surface area contributed by atoms with E-state index < -0.39 is 24.3 Å². The normalized spacial score (nSPS) is 11.6. The summed E-state index contributed by atoms with van der Waals surface area (Å²) in [6.45, 7) is 14.3. The molecule has 1 N–H and O–H groups in total. The average molecular weight is 552 g/mol. The van der Waals surface area contributed by atoms with E-state index in [1.807, 2.05) is 0 Å². The molecule has 0 aromatic heterocycles. The predicted octanol–water partition coefficient (Wildman–Crippen LogP) is 9.47. The second kappa shape index (κ2) is 22.8. The van der Waals surface area contributed by atoms with E-state index in [1.165, 1.54) is 64.2 Å². The van der Waals surface area contributed by atoms with Crippen molar-refractivity contribution < 1.29 is 9.90 Å². The topological polar surface area (TPSA) is 37.3 Å². The van der Waals surface area contributed by atoms with Gasteiger partial charge < -0.3 is 5.11 Å². The molecule has 0 radical (unpaired) electrons. The molecule has 4 heteroatoms. The van der Waals surface area contributed by atoms with Crippen LogP contribution in [0.3, 0.4) is 0 Å². The Morgan fingerprint density at radius 3 is 1.30 bits per heavy atom. The third-order valence-electron chi connectivity index (χ3n) is 6.23. The van der Waals surface area contributed by atoms with Crippen molar-refractivity contribution in [2.75, 3.05) is 5.75 Å². The molecule has 0 rings (SSSR count). The van der Waals surface area contributed by atoms with Crippen molar-refractivity contribution in [1.29, 1.82) is 0 Å². The van der Waals surface area contributed by atoms with Gasteiger partial charge in [-0.05, 0) is 0 Å². The van der Waals surface area contributed by atoms with Gasteiger partial charge in [0.1, 0.15) is 0 Å². The van der Waals surface area contributed by atoms with Crippen molar-refractivity contribution in [3.8, 4) is 0 Å². The van der Waals surface area contributed by atoms with E-state index in [2.05, 4.69) is 54.2 Å². The molecule has 2 nitrogen and oxygen atoms in total. The Kier molecular flexibility index (Phi) is 24.9. The molecule has 0 fully saturated rings. The maximum atomic E-state index is 9.29. The van der Waals surface area contributed by atoms with Crippen LogP contribution in [0.2, 0.25) is 17.7 Å². The minimum absolute atomic E-state index is 0.0833. The predicted molar refractivity (Wildman–Crippen MR) is 143 cm³/mol. The first-order chi connectivity index (χ1) is 14.2. The molecule has 0 aliphatic heterocycles. The van der Waals surface area contributed by atoms with E-state index in [1.54, 1.807) is 30.6 Å². The fraction of sp³-hybridized carbons (Fsp3) is 0.962. The molecule has 30 heavy (non-hydrogen) atoms. The third kappa shape index (κ3) is 23.3. The van der Waals surface area contributed by atoms with Gasteiger partial charge in [-0.15, -0.1) is 0 Å². The summed E-state index contributed by atoms with van der Waals surface area (Å²) in [6.07, 6.45) is 18.0. The van der Waals surface area contributed by atoms with Crippen LogP contribution in [0, 0.1) is 11.8 Å². The van der Waals surface area contributed by atoms with E-state index in [0.717, 1.165) is 11.8 Å². The van der Waals surface area contributed by atoms with Crippen LogP contribution in [0.15, 0.2) is 0 Å². The van der Waals surface area contributed by atoms with Crippen LogP contribution in [0.5, 0.6) is 0 Å². The monoisotopic (exact) mass is 552 g/mol. The summed E-state index contributed by atoms with van der Waals surface area (Å²) >= 11 is 1.57. The van der Waals surface area contributed by atoms with Crippen molar-refractivity contribution in [3.05, 3.63) is 0 Å². The van der Waals surface area contributed by atoms with Crippen molar-refractivity contribution >= 4 is 37.0 Å². The quantitative estimate of drug-likeness (QED) is 0.0953. The van der Waals surface area contributed by atoms with Gasteiger partial charge >= 0.3 is 173 Å². The maximum Gasteiger partial charge on any atom is 0.313 e. The van der Waals surface area contributed by atoms with Gasteiger partial charge in [0.2, 0.25) is 0 Å². The largest absolute Gasteiger partial charge is 0.481 e. The van der Waals surface area contributed by atoms with E-state index in [0.29, 0.717) is 0 Å². The fourth-order valence-corrected chi connectivity index (χ4v) is 20.6. The molecule has 0 saturated heterocycles. The number of carboxylic acid groups (broad SMARTS) is 1. The molecule has 0 bridgehead atoms. The van der Waals surface area contributed by atoms with Gasteiger partial charge in [-0.3, -0.25) is 4.79 Å². The molecule has 0 aromatic rings. The van der Waals surface area contributed by atoms with Crippen molar-refractivity contribution in [1.82, 2.24) is 0 Å². The van der Waals surface area contributed by atoms with E-state index in [4.69, 9.17) is 5.11 Å². The van der Waals surface area contributed by atoms with Crippen LogP contribution >= 0.6 is 12.6 Å². The number of hydrogen-bond donors (Lipinski definition) is 2. The van der Waals surface area contributed by atoms with Crippen molar-refractivity contribution in [3.63, 3.8) is 0 Å². The van der Waals surface area contributed by atoms with Crippen LogP contribution < -0.4 is 0 Å². The number of thiol groups is 1. The molecule has 0 heterocycles. The van der Waals surface area contributed by atoms with Gasteiger partial charge in [0.15, 0.2) is 0 Å². The van der Waals surface area contributed by atoms with E-state index in [9.17, 15) is 4.79 Å². The molecule has 0 amide bonds. The molecule has 182 valence electrons. The second-order valence-corrected chi connectivity index (χ2v) is 24.8. The summed E-state index contributed by atoms with van der Waals surface area (Å²) in [5, 5.41) is 7.65. The number of carbonyl (C=O) groups is 1. The van der Waals surface area contributed by atoms with Crippen molar-refractivity contribution in [2.45, 2.75) is 136 Å². The molecular formula is C26H56O2SSn. The zero-order valence-electron chi connectivity index (χ0n) is 21.5. The average Bonchev–Trinajstić information content (AvgIpc) is 2.69. The zero-order chi connectivity index (χ0) is 23.3. The molecule has 0 saturated carbocycles. The molecule has 0 spiro atoms. The Labute approximate surface area is 200 Å². The number of carboxylic acids is 1. The first kappa shape index (κ1) is 32.8. The maximum absolute atomic E-state index is 9.29. The standard InChI is InChI=1S/2C8H17.2C4H9.C2H4O2S.Sn/c2*1-4-5-6-7-8(2)3;2*1-3-4-2;3-2(4)1-5;/h2*8H,1,4-7H2,2-3H3;2*1,3-4H2,2H3;5H,1H2,(H,3,4);. The summed E-state index contributed by atoms with van der Waals surface area (Å²) in [6, 6.07) is 0. The van der Waals surface area contributed by atoms with Gasteiger partial charge in [-0.2, -0.15) is 12.6 Å².